The molecule has 0 atom stereocenters. The molecule has 1 aromatic carbocycles. The van der Waals surface area contributed by atoms with Crippen LogP contribution in [0, 0.1) is 6.92 Å². The minimum Gasteiger partial charge on any atom is -0.339 e. The number of nitrogens with zero attached hydrogens (tertiary/aromatic N) is 3. The van der Waals surface area contributed by atoms with Gasteiger partial charge < -0.3 is 9.80 Å². The van der Waals surface area contributed by atoms with E-state index in [1.165, 1.54) is 11.9 Å². The second kappa shape index (κ2) is 7.09. The van der Waals surface area contributed by atoms with Gasteiger partial charge in [0.2, 0.25) is 11.8 Å². The van der Waals surface area contributed by atoms with E-state index < -0.39 is 0 Å². The Hall–Kier alpha value is -2.63. The maximum atomic E-state index is 12.4. The van der Waals surface area contributed by atoms with Crippen LogP contribution in [0.4, 0.5) is 4.79 Å². The van der Waals surface area contributed by atoms with E-state index in [4.69, 9.17) is 0 Å². The van der Waals surface area contributed by atoms with Gasteiger partial charge in [0.05, 0.1) is 0 Å². The smallest absolute Gasteiger partial charge is 0.327 e. The van der Waals surface area contributed by atoms with Gasteiger partial charge in [-0.2, -0.15) is 0 Å². The van der Waals surface area contributed by atoms with Crippen LogP contribution in [0.25, 0.3) is 6.08 Å². The molecule has 0 aromatic heterocycles. The van der Waals surface area contributed by atoms with Crippen LogP contribution in [0.1, 0.15) is 24.0 Å². The number of urea groups is 1. The van der Waals surface area contributed by atoms with E-state index in [1.54, 1.807) is 15.9 Å². The Labute approximate surface area is 147 Å². The first-order valence-electron chi connectivity index (χ1n) is 8.57. The molecule has 0 saturated carbocycles. The van der Waals surface area contributed by atoms with Gasteiger partial charge in [-0.05, 0) is 37.0 Å². The molecule has 2 fully saturated rings. The summed E-state index contributed by atoms with van der Waals surface area (Å²) in [6.07, 6.45) is 4.87. The Kier molecular flexibility index (Phi) is 4.88. The summed E-state index contributed by atoms with van der Waals surface area (Å²) in [5.74, 6) is -0.174. The number of carbonyl (C=O) groups excluding carboxylic acids is 3. The van der Waals surface area contributed by atoms with Crippen LogP contribution in [-0.4, -0.2) is 65.3 Å². The lowest BCUT2D eigenvalue weighted by Gasteiger charge is -2.35. The second-order valence-electron chi connectivity index (χ2n) is 6.61. The van der Waals surface area contributed by atoms with E-state index in [9.17, 15) is 14.4 Å². The number of rotatable bonds is 3. The second-order valence-corrected chi connectivity index (χ2v) is 6.61. The summed E-state index contributed by atoms with van der Waals surface area (Å²) < 4.78 is 0. The van der Waals surface area contributed by atoms with E-state index in [2.05, 4.69) is 0 Å². The quantitative estimate of drug-likeness (QED) is 0.623. The van der Waals surface area contributed by atoms with Gasteiger partial charge in [0.25, 0.3) is 0 Å². The first-order chi connectivity index (χ1) is 12.0. The molecule has 2 aliphatic heterocycles. The molecule has 0 radical (unpaired) electrons. The van der Waals surface area contributed by atoms with Gasteiger partial charge in [-0.25, -0.2) is 4.79 Å². The highest BCUT2D eigenvalue weighted by Gasteiger charge is 2.38. The number of carbonyl (C=O) groups is 3. The van der Waals surface area contributed by atoms with E-state index in [0.29, 0.717) is 25.9 Å². The number of benzene rings is 1. The highest BCUT2D eigenvalue weighted by molar-refractivity contribution is 6.01. The Bertz CT molecular complexity index is 720. The van der Waals surface area contributed by atoms with Crippen molar-refractivity contribution in [1.29, 1.82) is 0 Å². The molecule has 6 heteroatoms. The Balaban J connectivity index is 1.55. The lowest BCUT2D eigenvalue weighted by atomic mass is 10.0. The monoisotopic (exact) mass is 341 g/mol. The van der Waals surface area contributed by atoms with Gasteiger partial charge in [-0.3, -0.25) is 14.5 Å². The summed E-state index contributed by atoms with van der Waals surface area (Å²) in [4.78, 5) is 40.7. The molecule has 4 amide bonds. The number of amides is 4. The predicted octanol–water partition coefficient (Wildman–Crippen LogP) is 1.89. The molecule has 1 aromatic rings. The van der Waals surface area contributed by atoms with Crippen LogP contribution in [0.3, 0.4) is 0 Å². The van der Waals surface area contributed by atoms with Gasteiger partial charge in [-0.15, -0.1) is 0 Å². The first kappa shape index (κ1) is 17.2. The molecule has 0 bridgehead atoms. The summed E-state index contributed by atoms with van der Waals surface area (Å²) in [6.45, 7) is 3.37. The van der Waals surface area contributed by atoms with Crippen LogP contribution in [0.15, 0.2) is 30.3 Å². The predicted molar refractivity (Wildman–Crippen MR) is 94.7 cm³/mol. The van der Waals surface area contributed by atoms with Crippen molar-refractivity contribution in [3.63, 3.8) is 0 Å². The SMILES string of the molecule is Cc1ccccc1/C=C/C(=O)N1CCC(N2CC(=O)N(C)C2=O)CC1. The molecule has 132 valence electrons. The van der Waals surface area contributed by atoms with E-state index in [1.807, 2.05) is 37.3 Å². The minimum absolute atomic E-state index is 0.0114. The van der Waals surface area contributed by atoms with Crippen molar-refractivity contribution < 1.29 is 14.4 Å². The Morgan fingerprint density at radius 1 is 1.16 bits per heavy atom. The van der Waals surface area contributed by atoms with Crippen molar-refractivity contribution in [2.75, 3.05) is 26.7 Å². The molecular weight excluding hydrogens is 318 g/mol. The third kappa shape index (κ3) is 3.57. The minimum atomic E-state index is -0.228. The van der Waals surface area contributed by atoms with Gasteiger partial charge in [-0.1, -0.05) is 24.3 Å². The summed E-state index contributed by atoms with van der Waals surface area (Å²) in [6, 6.07) is 7.73. The van der Waals surface area contributed by atoms with Gasteiger partial charge in [0.15, 0.2) is 0 Å². The summed E-state index contributed by atoms with van der Waals surface area (Å²) in [5.41, 5.74) is 2.17. The van der Waals surface area contributed by atoms with Gasteiger partial charge >= 0.3 is 6.03 Å². The third-order valence-corrected chi connectivity index (χ3v) is 5.02. The van der Waals surface area contributed by atoms with E-state index in [0.717, 1.165) is 11.1 Å². The van der Waals surface area contributed by atoms with Gasteiger partial charge in [0.1, 0.15) is 6.54 Å². The fraction of sp³-hybridized carbons (Fsp3) is 0.421. The lowest BCUT2D eigenvalue weighted by molar-refractivity contribution is -0.128. The van der Waals surface area contributed by atoms with Crippen molar-refractivity contribution in [1.82, 2.24) is 14.7 Å². The zero-order valence-electron chi connectivity index (χ0n) is 14.6. The lowest BCUT2D eigenvalue weighted by Crippen LogP contribution is -2.47. The molecule has 6 nitrogen and oxygen atoms in total. The number of likely N-dealkylation sites (tertiary alicyclic amines) is 1. The molecule has 0 aliphatic carbocycles. The molecule has 25 heavy (non-hydrogen) atoms. The van der Waals surface area contributed by atoms with Crippen LogP contribution < -0.4 is 0 Å². The largest absolute Gasteiger partial charge is 0.339 e. The van der Waals surface area contributed by atoms with Crippen molar-refractivity contribution >= 4 is 23.9 Å². The molecule has 2 heterocycles. The number of imide groups is 1. The number of likely N-dealkylation sites (N-methyl/N-ethyl adjacent to an activating group) is 1. The molecule has 0 unspecified atom stereocenters. The number of hydrogen-bond donors (Lipinski definition) is 0. The van der Waals surface area contributed by atoms with E-state index in [-0.39, 0.29) is 30.4 Å². The summed E-state index contributed by atoms with van der Waals surface area (Å²) in [7, 11) is 1.51. The zero-order valence-corrected chi connectivity index (χ0v) is 14.6. The average molecular weight is 341 g/mol. The normalized spacial score (nSPS) is 19.4. The van der Waals surface area contributed by atoms with E-state index >= 15 is 0 Å². The molecule has 0 N–H and O–H groups in total. The topological polar surface area (TPSA) is 60.9 Å². The highest BCUT2D eigenvalue weighted by atomic mass is 16.2. The summed E-state index contributed by atoms with van der Waals surface area (Å²) >= 11 is 0. The number of piperidine rings is 1. The van der Waals surface area contributed by atoms with Crippen LogP contribution in [0.5, 0.6) is 0 Å². The maximum absolute atomic E-state index is 12.4. The number of aryl methyl sites for hydroxylation is 1. The van der Waals surface area contributed by atoms with Crippen LogP contribution >= 0.6 is 0 Å². The van der Waals surface area contributed by atoms with Crippen LogP contribution in [0.2, 0.25) is 0 Å². The molecule has 3 rings (SSSR count). The third-order valence-electron chi connectivity index (χ3n) is 5.02. The average Bonchev–Trinajstić information content (AvgIpc) is 2.88. The Morgan fingerprint density at radius 2 is 1.84 bits per heavy atom. The first-order valence-corrected chi connectivity index (χ1v) is 8.57. The molecule has 2 saturated heterocycles. The molecule has 2 aliphatic rings. The highest BCUT2D eigenvalue weighted by Crippen LogP contribution is 2.21. The van der Waals surface area contributed by atoms with Crippen LogP contribution in [-0.2, 0) is 9.59 Å². The molecule has 0 spiro atoms. The van der Waals surface area contributed by atoms with Crippen molar-refractivity contribution in [2.45, 2.75) is 25.8 Å². The fourth-order valence-corrected chi connectivity index (χ4v) is 3.34. The van der Waals surface area contributed by atoms with Crippen molar-refractivity contribution in [3.05, 3.63) is 41.5 Å². The summed E-state index contributed by atoms with van der Waals surface area (Å²) in [5, 5.41) is 0. The Morgan fingerprint density at radius 3 is 2.44 bits per heavy atom. The maximum Gasteiger partial charge on any atom is 0.327 e. The molecular formula is C19H23N3O3. The van der Waals surface area contributed by atoms with Crippen molar-refractivity contribution in [3.8, 4) is 0 Å². The van der Waals surface area contributed by atoms with Gasteiger partial charge in [0, 0.05) is 32.3 Å². The zero-order chi connectivity index (χ0) is 18.0. The standard InChI is InChI=1S/C19H23N3O3/c1-14-5-3-4-6-15(14)7-8-17(23)21-11-9-16(10-12-21)22-13-18(24)20(2)19(22)25/h3-8,16H,9-13H2,1-2H3/b8-7+. The van der Waals surface area contributed by atoms with Crippen molar-refractivity contribution in [2.24, 2.45) is 0 Å². The fourth-order valence-electron chi connectivity index (χ4n) is 3.34. The number of hydrogen-bond acceptors (Lipinski definition) is 3.